The number of amides is 1. The second-order valence-corrected chi connectivity index (χ2v) is 6.50. The van der Waals surface area contributed by atoms with Crippen LogP contribution in [0.4, 0.5) is 5.69 Å². The minimum atomic E-state index is -0.568. The maximum atomic E-state index is 12.5. The van der Waals surface area contributed by atoms with E-state index in [-0.39, 0.29) is 25.3 Å². The first-order valence-electron chi connectivity index (χ1n) is 8.76. The molecule has 0 aliphatic carbocycles. The molecule has 2 aliphatic heterocycles. The zero-order valence-electron chi connectivity index (χ0n) is 14.9. The number of fused-ring (bicyclic) bond motifs is 2. The Labute approximate surface area is 156 Å². The maximum absolute atomic E-state index is 12.5. The van der Waals surface area contributed by atoms with Crippen molar-refractivity contribution in [2.24, 2.45) is 0 Å². The van der Waals surface area contributed by atoms with Crippen LogP contribution in [0.5, 0.6) is 11.5 Å². The van der Waals surface area contributed by atoms with Crippen molar-refractivity contribution in [3.05, 3.63) is 59.7 Å². The Kier molecular flexibility index (Phi) is 4.54. The van der Waals surface area contributed by atoms with Gasteiger partial charge in [0.05, 0.1) is 0 Å². The van der Waals surface area contributed by atoms with Crippen LogP contribution in [-0.2, 0) is 20.7 Å². The molecule has 6 heteroatoms. The minimum absolute atomic E-state index is 0.0535. The predicted molar refractivity (Wildman–Crippen MR) is 99.7 cm³/mol. The molecule has 0 saturated heterocycles. The van der Waals surface area contributed by atoms with Gasteiger partial charge in [0.1, 0.15) is 0 Å². The van der Waals surface area contributed by atoms with Gasteiger partial charge in [-0.1, -0.05) is 24.3 Å². The summed E-state index contributed by atoms with van der Waals surface area (Å²) in [5.74, 6) is 0.529. The molecule has 0 spiro atoms. The summed E-state index contributed by atoms with van der Waals surface area (Å²) in [5.41, 5.74) is 2.80. The van der Waals surface area contributed by atoms with Crippen LogP contribution < -0.4 is 14.4 Å². The summed E-state index contributed by atoms with van der Waals surface area (Å²) in [5, 5.41) is 0. The van der Waals surface area contributed by atoms with Gasteiger partial charge in [-0.05, 0) is 48.7 Å². The molecule has 27 heavy (non-hydrogen) atoms. The molecule has 2 aromatic carbocycles. The molecule has 0 saturated carbocycles. The van der Waals surface area contributed by atoms with E-state index in [1.165, 1.54) is 6.08 Å². The van der Waals surface area contributed by atoms with Gasteiger partial charge >= 0.3 is 5.97 Å². The Bertz CT molecular complexity index is 921. The number of esters is 1. The van der Waals surface area contributed by atoms with Gasteiger partial charge in [0.2, 0.25) is 6.79 Å². The molecule has 0 radical (unpaired) electrons. The Morgan fingerprint density at radius 3 is 2.89 bits per heavy atom. The summed E-state index contributed by atoms with van der Waals surface area (Å²) in [6.07, 6.45) is 3.72. The summed E-state index contributed by atoms with van der Waals surface area (Å²) in [6.45, 7) is 1.90. The number of hydrogen-bond donors (Lipinski definition) is 0. The van der Waals surface area contributed by atoms with Crippen molar-refractivity contribution in [3.8, 4) is 11.5 Å². The van der Waals surface area contributed by atoms with Crippen LogP contribution in [0.15, 0.2) is 48.5 Å². The van der Waals surface area contributed by atoms with E-state index >= 15 is 0 Å². The summed E-state index contributed by atoms with van der Waals surface area (Å²) in [4.78, 5) is 26.2. The van der Waals surface area contributed by atoms with Crippen molar-refractivity contribution in [3.63, 3.8) is 0 Å². The zero-order chi connectivity index (χ0) is 18.8. The van der Waals surface area contributed by atoms with Crippen molar-refractivity contribution < 1.29 is 23.8 Å². The highest BCUT2D eigenvalue weighted by atomic mass is 16.7. The number of anilines is 1. The van der Waals surface area contributed by atoms with Crippen LogP contribution in [0.25, 0.3) is 6.08 Å². The van der Waals surface area contributed by atoms with Gasteiger partial charge in [0, 0.05) is 17.8 Å². The van der Waals surface area contributed by atoms with Gasteiger partial charge in [-0.25, -0.2) is 4.79 Å². The van der Waals surface area contributed by atoms with Crippen LogP contribution in [0.1, 0.15) is 18.1 Å². The number of nitrogens with zero attached hydrogens (tertiary/aromatic N) is 1. The van der Waals surface area contributed by atoms with Gasteiger partial charge < -0.3 is 19.1 Å². The second kappa shape index (κ2) is 7.15. The highest BCUT2D eigenvalue weighted by Gasteiger charge is 2.30. The fourth-order valence-corrected chi connectivity index (χ4v) is 3.38. The lowest BCUT2D eigenvalue weighted by Gasteiger charge is -2.22. The molecule has 138 valence electrons. The number of ether oxygens (including phenoxy) is 3. The van der Waals surface area contributed by atoms with Gasteiger partial charge in [-0.2, -0.15) is 0 Å². The van der Waals surface area contributed by atoms with Crippen LogP contribution in [0, 0.1) is 0 Å². The third kappa shape index (κ3) is 3.51. The van der Waals surface area contributed by atoms with Crippen molar-refractivity contribution in [2.75, 3.05) is 18.3 Å². The van der Waals surface area contributed by atoms with E-state index in [0.717, 1.165) is 23.2 Å². The van der Waals surface area contributed by atoms with Crippen LogP contribution >= 0.6 is 0 Å². The minimum Gasteiger partial charge on any atom is -0.454 e. The van der Waals surface area contributed by atoms with E-state index in [2.05, 4.69) is 0 Å². The number of benzene rings is 2. The van der Waals surface area contributed by atoms with E-state index in [9.17, 15) is 9.59 Å². The predicted octanol–water partition coefficient (Wildman–Crippen LogP) is 2.95. The van der Waals surface area contributed by atoms with E-state index < -0.39 is 5.97 Å². The lowest BCUT2D eigenvalue weighted by molar-refractivity contribution is -0.143. The van der Waals surface area contributed by atoms with Crippen molar-refractivity contribution >= 4 is 23.6 Å². The largest absolute Gasteiger partial charge is 0.454 e. The van der Waals surface area contributed by atoms with Crippen LogP contribution in [0.2, 0.25) is 0 Å². The first-order valence-corrected chi connectivity index (χ1v) is 8.76. The lowest BCUT2D eigenvalue weighted by atomic mass is 10.1. The molecular weight excluding hydrogens is 346 g/mol. The smallest absolute Gasteiger partial charge is 0.331 e. The molecule has 1 unspecified atom stereocenters. The maximum Gasteiger partial charge on any atom is 0.331 e. The van der Waals surface area contributed by atoms with Gasteiger partial charge in [-0.3, -0.25) is 4.79 Å². The standard InChI is InChI=1S/C21H19NO5/c1-14-10-16-4-2-3-5-17(16)22(14)20(23)12-25-21(24)9-7-15-6-8-18-19(11-15)27-13-26-18/h2-9,11,14H,10,12-13H2,1H3. The summed E-state index contributed by atoms with van der Waals surface area (Å²) in [6, 6.07) is 13.2. The summed E-state index contributed by atoms with van der Waals surface area (Å²) in [7, 11) is 0. The van der Waals surface area contributed by atoms with Crippen molar-refractivity contribution in [1.29, 1.82) is 0 Å². The van der Waals surface area contributed by atoms with E-state index in [4.69, 9.17) is 14.2 Å². The third-order valence-electron chi connectivity index (χ3n) is 4.62. The molecule has 2 aromatic rings. The fraction of sp³-hybridized carbons (Fsp3) is 0.238. The third-order valence-corrected chi connectivity index (χ3v) is 4.62. The molecule has 0 bridgehead atoms. The van der Waals surface area contributed by atoms with Crippen LogP contribution in [0.3, 0.4) is 0 Å². The molecular formula is C21H19NO5. The Balaban J connectivity index is 1.35. The Morgan fingerprint density at radius 1 is 1.19 bits per heavy atom. The van der Waals surface area contributed by atoms with Crippen molar-refractivity contribution in [1.82, 2.24) is 0 Å². The Hall–Kier alpha value is -3.28. The number of rotatable bonds is 4. The SMILES string of the molecule is CC1Cc2ccccc2N1C(=O)COC(=O)C=Cc1ccc2c(c1)OCO2. The lowest BCUT2D eigenvalue weighted by Crippen LogP contribution is -2.38. The van der Waals surface area contributed by atoms with E-state index in [0.29, 0.717) is 11.5 Å². The highest BCUT2D eigenvalue weighted by Crippen LogP contribution is 2.33. The van der Waals surface area contributed by atoms with Gasteiger partial charge in [-0.15, -0.1) is 0 Å². The Morgan fingerprint density at radius 2 is 2.00 bits per heavy atom. The van der Waals surface area contributed by atoms with Crippen LogP contribution in [-0.4, -0.2) is 31.3 Å². The summed E-state index contributed by atoms with van der Waals surface area (Å²) < 4.78 is 15.7. The monoisotopic (exact) mass is 365 g/mol. The zero-order valence-corrected chi connectivity index (χ0v) is 14.9. The first-order chi connectivity index (χ1) is 13.1. The molecule has 2 aliphatic rings. The molecule has 6 nitrogen and oxygen atoms in total. The topological polar surface area (TPSA) is 65.1 Å². The first kappa shape index (κ1) is 17.1. The number of hydrogen-bond acceptors (Lipinski definition) is 5. The highest BCUT2D eigenvalue weighted by molar-refractivity contribution is 5.98. The van der Waals surface area contributed by atoms with Gasteiger partial charge in [0.25, 0.3) is 5.91 Å². The molecule has 1 atom stereocenters. The molecule has 2 heterocycles. The van der Waals surface area contributed by atoms with E-state index in [1.54, 1.807) is 23.1 Å². The van der Waals surface area contributed by atoms with E-state index in [1.807, 2.05) is 37.3 Å². The summed E-state index contributed by atoms with van der Waals surface area (Å²) >= 11 is 0. The average Bonchev–Trinajstić information content (AvgIpc) is 3.27. The molecule has 1 amide bonds. The second-order valence-electron chi connectivity index (χ2n) is 6.50. The molecule has 0 fully saturated rings. The molecule has 0 N–H and O–H groups in total. The molecule has 0 aromatic heterocycles. The fourth-order valence-electron chi connectivity index (χ4n) is 3.38. The van der Waals surface area contributed by atoms with Gasteiger partial charge in [0.15, 0.2) is 18.1 Å². The molecule has 4 rings (SSSR count). The van der Waals surface area contributed by atoms with Crippen molar-refractivity contribution in [2.45, 2.75) is 19.4 Å². The number of carbonyl (C=O) groups excluding carboxylic acids is 2. The average molecular weight is 365 g/mol. The quantitative estimate of drug-likeness (QED) is 0.616. The normalized spacial score (nSPS) is 17.2. The number of carbonyl (C=O) groups is 2. The number of para-hydroxylation sites is 1.